The number of carbonyl (C=O) groups excluding carboxylic acids is 1. The minimum Gasteiger partial charge on any atom is -0.337 e. The van der Waals surface area contributed by atoms with E-state index in [4.69, 9.17) is 11.6 Å². The van der Waals surface area contributed by atoms with Gasteiger partial charge in [0.2, 0.25) is 5.91 Å². The predicted octanol–water partition coefficient (Wildman–Crippen LogP) is 3.85. The number of halogens is 3. The van der Waals surface area contributed by atoms with Crippen LogP contribution in [-0.4, -0.2) is 49.7 Å². The summed E-state index contributed by atoms with van der Waals surface area (Å²) in [5.74, 6) is -0.710. The summed E-state index contributed by atoms with van der Waals surface area (Å²) in [6, 6.07) is 7.50. The Balaban J connectivity index is 1.62. The zero-order valence-electron chi connectivity index (χ0n) is 13.9. The molecule has 1 amide bonds. The van der Waals surface area contributed by atoms with Gasteiger partial charge in [-0.1, -0.05) is 27.5 Å². The summed E-state index contributed by atoms with van der Waals surface area (Å²) in [7, 11) is -3.60. The second kappa shape index (κ2) is 8.40. The molecule has 10 heteroatoms. The van der Waals surface area contributed by atoms with E-state index in [1.807, 2.05) is 0 Å². The van der Waals surface area contributed by atoms with Crippen molar-refractivity contribution in [2.75, 3.05) is 26.2 Å². The Bertz CT molecular complexity index is 986. The van der Waals surface area contributed by atoms with Crippen LogP contribution in [0.3, 0.4) is 0 Å². The van der Waals surface area contributed by atoms with E-state index < -0.39 is 15.8 Å². The van der Waals surface area contributed by atoms with Crippen molar-refractivity contribution in [3.8, 4) is 0 Å². The number of rotatable bonds is 4. The first-order valence-electron chi connectivity index (χ1n) is 7.95. The van der Waals surface area contributed by atoms with Gasteiger partial charge in [0.1, 0.15) is 10.0 Å². The second-order valence-corrected chi connectivity index (χ2v) is 10.6. The third-order valence-electron chi connectivity index (χ3n) is 4.06. The number of piperazine rings is 1. The van der Waals surface area contributed by atoms with E-state index in [1.54, 1.807) is 23.1 Å². The second-order valence-electron chi connectivity index (χ2n) is 5.79. The quantitative estimate of drug-likeness (QED) is 0.608. The molecule has 3 rings (SSSR count). The molecule has 5 nitrogen and oxygen atoms in total. The fourth-order valence-corrected chi connectivity index (χ4v) is 6.06. The lowest BCUT2D eigenvalue weighted by atomic mass is 10.2. The molecule has 0 unspecified atom stereocenters. The van der Waals surface area contributed by atoms with E-state index in [-0.39, 0.29) is 36.3 Å². The smallest absolute Gasteiger partial charge is 0.252 e. The van der Waals surface area contributed by atoms with Gasteiger partial charge in [0.05, 0.1) is 4.34 Å². The van der Waals surface area contributed by atoms with Crippen molar-refractivity contribution in [2.24, 2.45) is 0 Å². The van der Waals surface area contributed by atoms with Crippen molar-refractivity contribution in [2.45, 2.75) is 4.21 Å². The number of amides is 1. The molecular weight excluding hydrogens is 479 g/mol. The lowest BCUT2D eigenvalue weighted by Gasteiger charge is -2.33. The number of carbonyl (C=O) groups is 1. The van der Waals surface area contributed by atoms with Crippen LogP contribution < -0.4 is 0 Å². The lowest BCUT2D eigenvalue weighted by Crippen LogP contribution is -2.50. The maximum absolute atomic E-state index is 13.7. The van der Waals surface area contributed by atoms with Crippen LogP contribution in [0.25, 0.3) is 6.08 Å². The van der Waals surface area contributed by atoms with E-state index in [1.165, 1.54) is 28.6 Å². The first-order chi connectivity index (χ1) is 12.8. The Labute approximate surface area is 174 Å². The summed E-state index contributed by atoms with van der Waals surface area (Å²) < 4.78 is 41.5. The Hall–Kier alpha value is -1.26. The Kier molecular flexibility index (Phi) is 6.37. The van der Waals surface area contributed by atoms with Crippen LogP contribution in [0.5, 0.6) is 0 Å². The standard InChI is InChI=1S/C17H15BrClFN2O3S2/c18-13-2-3-14(20)12(11-13)1-5-16(23)21-7-9-22(10-8-21)27(24,25)17-6-4-15(19)26-17/h1-6,11H,7-10H2/b5-1+. The van der Waals surface area contributed by atoms with Crippen LogP contribution in [0, 0.1) is 5.82 Å². The molecule has 1 aromatic carbocycles. The molecule has 1 saturated heterocycles. The molecule has 0 N–H and O–H groups in total. The molecule has 0 aliphatic carbocycles. The summed E-state index contributed by atoms with van der Waals surface area (Å²) in [5, 5.41) is 0. The van der Waals surface area contributed by atoms with Crippen molar-refractivity contribution in [3.05, 3.63) is 56.6 Å². The number of hydrogen-bond acceptors (Lipinski definition) is 4. The number of thiophene rings is 1. The number of sulfonamides is 1. The normalized spacial score (nSPS) is 16.2. The highest BCUT2D eigenvalue weighted by Gasteiger charge is 2.30. The molecule has 0 bridgehead atoms. The van der Waals surface area contributed by atoms with Gasteiger partial charge in [-0.25, -0.2) is 12.8 Å². The molecular formula is C17H15BrClFN2O3S2. The molecule has 2 aromatic rings. The van der Waals surface area contributed by atoms with Crippen molar-refractivity contribution in [3.63, 3.8) is 0 Å². The van der Waals surface area contributed by atoms with E-state index in [9.17, 15) is 17.6 Å². The number of benzene rings is 1. The van der Waals surface area contributed by atoms with Crippen LogP contribution in [0.4, 0.5) is 4.39 Å². The van der Waals surface area contributed by atoms with E-state index >= 15 is 0 Å². The molecule has 1 aliphatic rings. The molecule has 1 fully saturated rings. The van der Waals surface area contributed by atoms with Crippen LogP contribution in [0.15, 0.2) is 45.1 Å². The average Bonchev–Trinajstić information content (AvgIpc) is 3.09. The van der Waals surface area contributed by atoms with Gasteiger partial charge in [0, 0.05) is 42.3 Å². The Morgan fingerprint density at radius 2 is 1.89 bits per heavy atom. The monoisotopic (exact) mass is 492 g/mol. The minimum atomic E-state index is -3.60. The molecule has 0 spiro atoms. The van der Waals surface area contributed by atoms with Crippen LogP contribution in [0.1, 0.15) is 5.56 Å². The number of nitrogens with zero attached hydrogens (tertiary/aromatic N) is 2. The maximum atomic E-state index is 13.7. The lowest BCUT2D eigenvalue weighted by molar-refractivity contribution is -0.127. The Morgan fingerprint density at radius 1 is 1.19 bits per heavy atom. The van der Waals surface area contributed by atoms with Crippen LogP contribution in [-0.2, 0) is 14.8 Å². The molecule has 2 heterocycles. The summed E-state index contributed by atoms with van der Waals surface area (Å²) in [6.07, 6.45) is 2.72. The van der Waals surface area contributed by atoms with Crippen molar-refractivity contribution in [1.82, 2.24) is 9.21 Å². The summed E-state index contributed by atoms with van der Waals surface area (Å²) in [6.45, 7) is 0.927. The third-order valence-corrected chi connectivity index (χ3v) is 8.15. The number of hydrogen-bond donors (Lipinski definition) is 0. The molecule has 144 valence electrons. The fraction of sp³-hybridized carbons (Fsp3) is 0.235. The topological polar surface area (TPSA) is 57.7 Å². The Morgan fingerprint density at radius 3 is 2.52 bits per heavy atom. The van der Waals surface area contributed by atoms with Gasteiger partial charge in [0.25, 0.3) is 10.0 Å². The van der Waals surface area contributed by atoms with Gasteiger partial charge in [-0.2, -0.15) is 4.31 Å². The predicted molar refractivity (Wildman–Crippen MR) is 108 cm³/mol. The van der Waals surface area contributed by atoms with E-state index in [0.29, 0.717) is 14.4 Å². The van der Waals surface area contributed by atoms with E-state index in [0.717, 1.165) is 11.3 Å². The van der Waals surface area contributed by atoms with Crippen molar-refractivity contribution >= 4 is 60.9 Å². The first-order valence-corrected chi connectivity index (χ1v) is 11.4. The van der Waals surface area contributed by atoms with Gasteiger partial charge in [-0.3, -0.25) is 4.79 Å². The third kappa shape index (κ3) is 4.78. The van der Waals surface area contributed by atoms with Crippen LogP contribution >= 0.6 is 38.9 Å². The maximum Gasteiger partial charge on any atom is 0.252 e. The average molecular weight is 494 g/mol. The molecule has 27 heavy (non-hydrogen) atoms. The van der Waals surface area contributed by atoms with Gasteiger partial charge >= 0.3 is 0 Å². The molecule has 0 radical (unpaired) electrons. The molecule has 0 saturated carbocycles. The van der Waals surface area contributed by atoms with Gasteiger partial charge in [-0.05, 0) is 36.4 Å². The van der Waals surface area contributed by atoms with Crippen LogP contribution in [0.2, 0.25) is 4.34 Å². The molecule has 0 atom stereocenters. The van der Waals surface area contributed by atoms with E-state index in [2.05, 4.69) is 15.9 Å². The van der Waals surface area contributed by atoms with Crippen molar-refractivity contribution in [1.29, 1.82) is 0 Å². The highest BCUT2D eigenvalue weighted by atomic mass is 79.9. The van der Waals surface area contributed by atoms with Gasteiger partial charge < -0.3 is 4.90 Å². The van der Waals surface area contributed by atoms with Crippen molar-refractivity contribution < 1.29 is 17.6 Å². The minimum absolute atomic E-state index is 0.192. The highest BCUT2D eigenvalue weighted by molar-refractivity contribution is 9.10. The summed E-state index contributed by atoms with van der Waals surface area (Å²) >= 11 is 10.1. The zero-order valence-corrected chi connectivity index (χ0v) is 17.9. The highest BCUT2D eigenvalue weighted by Crippen LogP contribution is 2.28. The molecule has 1 aliphatic heterocycles. The zero-order chi connectivity index (χ0) is 19.6. The largest absolute Gasteiger partial charge is 0.337 e. The summed E-state index contributed by atoms with van der Waals surface area (Å²) in [5.41, 5.74) is 0.300. The summed E-state index contributed by atoms with van der Waals surface area (Å²) in [4.78, 5) is 13.9. The van der Waals surface area contributed by atoms with Gasteiger partial charge in [0.15, 0.2) is 0 Å². The first kappa shape index (κ1) is 20.5. The SMILES string of the molecule is O=C(/C=C/c1cc(Br)ccc1F)N1CCN(S(=O)(=O)c2ccc(Cl)s2)CC1. The fourth-order valence-electron chi connectivity index (χ4n) is 2.62. The molecule has 1 aromatic heterocycles. The van der Waals surface area contributed by atoms with Gasteiger partial charge in [-0.15, -0.1) is 11.3 Å².